The highest BCUT2D eigenvalue weighted by Gasteiger charge is 2.22. The molecule has 0 aliphatic heterocycles. The molecule has 0 N–H and O–H groups in total. The van der Waals surface area contributed by atoms with E-state index in [1.807, 2.05) is 29.1 Å². The summed E-state index contributed by atoms with van der Waals surface area (Å²) in [5.41, 5.74) is 14.0. The van der Waals surface area contributed by atoms with Crippen LogP contribution in [0.3, 0.4) is 0 Å². The number of aryl methyl sites for hydroxylation is 5. The molecule has 0 radical (unpaired) electrons. The predicted octanol–water partition coefficient (Wildman–Crippen LogP) is 11.3. The SMILES string of the molecule is Cc1cc(C)c(-[n+]2[c-]n(-c3cccc(Oc4cc(-c5c(C)cccc5C)c5c6ccccc6n(-c6cc(C(C)(C)C)ccn6)c5c4)c3)cc2)cc1C. The first-order valence-electron chi connectivity index (χ1n) is 18.0. The van der Waals surface area contributed by atoms with E-state index in [1.165, 1.54) is 49.7 Å². The zero-order chi connectivity index (χ0) is 36.3. The molecule has 8 rings (SSSR count). The minimum absolute atomic E-state index is 0.0203. The first-order valence-corrected chi connectivity index (χ1v) is 18.0. The zero-order valence-corrected chi connectivity index (χ0v) is 31.2. The van der Waals surface area contributed by atoms with Crippen LogP contribution in [0.5, 0.6) is 11.5 Å². The second kappa shape index (κ2) is 12.7. The number of fused-ring (bicyclic) bond motifs is 3. The van der Waals surface area contributed by atoms with Crippen LogP contribution in [0.1, 0.15) is 54.2 Å². The van der Waals surface area contributed by atoms with Crippen molar-refractivity contribution in [1.29, 1.82) is 0 Å². The third kappa shape index (κ3) is 5.86. The summed E-state index contributed by atoms with van der Waals surface area (Å²) in [6.45, 7) is 17.6. The van der Waals surface area contributed by atoms with Crippen molar-refractivity contribution in [3.05, 3.63) is 161 Å². The quantitative estimate of drug-likeness (QED) is 0.129. The van der Waals surface area contributed by atoms with Crippen LogP contribution in [-0.4, -0.2) is 14.1 Å². The molecule has 0 unspecified atom stereocenters. The van der Waals surface area contributed by atoms with Crippen molar-refractivity contribution in [2.24, 2.45) is 0 Å². The molecule has 3 aromatic heterocycles. The van der Waals surface area contributed by atoms with Crippen molar-refractivity contribution in [3.63, 3.8) is 0 Å². The Labute approximate surface area is 306 Å². The van der Waals surface area contributed by atoms with Crippen molar-refractivity contribution in [2.45, 2.75) is 60.8 Å². The zero-order valence-electron chi connectivity index (χ0n) is 31.2. The molecule has 0 atom stereocenters. The van der Waals surface area contributed by atoms with E-state index in [1.54, 1.807) is 0 Å². The standard InChI is InChI=1S/C47H44N4O/c1-30-13-11-14-31(2)45(30)40-27-38(28-43-46(40)39-17-9-10-18-41(39)51(43)44-25-35(19-20-48-44)47(6,7)8)52-37-16-12-15-36(26-37)49-21-22-50(29-49)42-24-33(4)32(3)23-34(42)5/h9-28H,1-8H3. The summed E-state index contributed by atoms with van der Waals surface area (Å²) >= 11 is 0. The van der Waals surface area contributed by atoms with Gasteiger partial charge in [0.25, 0.3) is 6.33 Å². The first-order chi connectivity index (χ1) is 25.0. The summed E-state index contributed by atoms with van der Waals surface area (Å²) in [7, 11) is 0. The number of rotatable bonds is 6. The topological polar surface area (TPSA) is 35.9 Å². The molecule has 5 heteroatoms. The van der Waals surface area contributed by atoms with Gasteiger partial charge in [-0.1, -0.05) is 74.9 Å². The number of hydrogen-bond acceptors (Lipinski definition) is 2. The molecule has 0 aliphatic carbocycles. The van der Waals surface area contributed by atoms with Crippen molar-refractivity contribution in [1.82, 2.24) is 14.1 Å². The van der Waals surface area contributed by atoms with Gasteiger partial charge in [0.15, 0.2) is 0 Å². The summed E-state index contributed by atoms with van der Waals surface area (Å²) in [4.78, 5) is 4.94. The lowest BCUT2D eigenvalue weighted by molar-refractivity contribution is -0.599. The number of hydrogen-bond donors (Lipinski definition) is 0. The van der Waals surface area contributed by atoms with Gasteiger partial charge in [-0.15, -0.1) is 0 Å². The number of benzene rings is 5. The van der Waals surface area contributed by atoms with Gasteiger partial charge in [-0.05, 0) is 128 Å². The Morgan fingerprint density at radius 2 is 1.42 bits per heavy atom. The molecule has 5 aromatic carbocycles. The molecule has 8 aromatic rings. The molecule has 0 saturated heterocycles. The second-order valence-corrected chi connectivity index (χ2v) is 15.1. The number of nitrogens with zero attached hydrogens (tertiary/aromatic N) is 4. The van der Waals surface area contributed by atoms with Gasteiger partial charge in [-0.2, -0.15) is 0 Å². The molecule has 3 heterocycles. The maximum atomic E-state index is 6.83. The maximum Gasteiger partial charge on any atom is 0.268 e. The van der Waals surface area contributed by atoms with Gasteiger partial charge >= 0.3 is 0 Å². The van der Waals surface area contributed by atoms with Crippen molar-refractivity contribution in [3.8, 4) is 39.8 Å². The molecule has 0 bridgehead atoms. The summed E-state index contributed by atoms with van der Waals surface area (Å²) in [5.74, 6) is 2.40. The van der Waals surface area contributed by atoms with Gasteiger partial charge in [0.05, 0.1) is 22.4 Å². The van der Waals surface area contributed by atoms with Crippen molar-refractivity contribution < 1.29 is 9.30 Å². The van der Waals surface area contributed by atoms with Gasteiger partial charge in [-0.3, -0.25) is 13.7 Å². The van der Waals surface area contributed by atoms with E-state index in [0.29, 0.717) is 0 Å². The number of ether oxygens (including phenoxy) is 1. The van der Waals surface area contributed by atoms with E-state index in [4.69, 9.17) is 9.72 Å². The first kappa shape index (κ1) is 33.2. The number of para-hydroxylation sites is 1. The lowest BCUT2D eigenvalue weighted by Gasteiger charge is -2.20. The normalized spacial score (nSPS) is 11.8. The van der Waals surface area contributed by atoms with E-state index in [2.05, 4.69) is 168 Å². The van der Waals surface area contributed by atoms with E-state index in [9.17, 15) is 0 Å². The van der Waals surface area contributed by atoms with E-state index < -0.39 is 0 Å². The third-order valence-corrected chi connectivity index (χ3v) is 10.3. The third-order valence-electron chi connectivity index (χ3n) is 10.3. The van der Waals surface area contributed by atoms with Crippen LogP contribution in [0.15, 0.2) is 122 Å². The molecular formula is C47H44N4O. The highest BCUT2D eigenvalue weighted by molar-refractivity contribution is 6.16. The molecule has 52 heavy (non-hydrogen) atoms. The van der Waals surface area contributed by atoms with Gasteiger partial charge in [0.1, 0.15) is 17.3 Å². The fraction of sp³-hybridized carbons (Fsp3) is 0.191. The maximum absolute atomic E-state index is 6.83. The highest BCUT2D eigenvalue weighted by atomic mass is 16.5. The Bertz CT molecular complexity index is 2630. The minimum Gasteiger partial charge on any atom is -0.458 e. The van der Waals surface area contributed by atoms with E-state index in [-0.39, 0.29) is 5.41 Å². The van der Waals surface area contributed by atoms with Crippen molar-refractivity contribution >= 4 is 21.8 Å². The minimum atomic E-state index is -0.0203. The second-order valence-electron chi connectivity index (χ2n) is 15.1. The van der Waals surface area contributed by atoms with Crippen LogP contribution in [0.4, 0.5) is 0 Å². The van der Waals surface area contributed by atoms with E-state index in [0.717, 1.165) is 45.3 Å². The van der Waals surface area contributed by atoms with Gasteiger partial charge in [0.2, 0.25) is 0 Å². The van der Waals surface area contributed by atoms with Gasteiger partial charge in [0, 0.05) is 35.4 Å². The van der Waals surface area contributed by atoms with Crippen molar-refractivity contribution in [2.75, 3.05) is 0 Å². The molecule has 0 amide bonds. The van der Waals surface area contributed by atoms with Gasteiger partial charge < -0.3 is 4.74 Å². The Hall–Kier alpha value is -5.94. The van der Waals surface area contributed by atoms with Crippen LogP contribution < -0.4 is 9.30 Å². The van der Waals surface area contributed by atoms with Crippen LogP contribution >= 0.6 is 0 Å². The molecule has 0 fully saturated rings. The molecule has 0 spiro atoms. The van der Waals surface area contributed by atoms with Crippen LogP contribution in [0.2, 0.25) is 0 Å². The number of imidazole rings is 1. The smallest absolute Gasteiger partial charge is 0.268 e. The number of pyridine rings is 1. The molecular weight excluding hydrogens is 637 g/mol. The average Bonchev–Trinajstić information content (AvgIpc) is 3.73. The molecule has 0 saturated carbocycles. The lowest BCUT2D eigenvalue weighted by Crippen LogP contribution is -2.29. The largest absolute Gasteiger partial charge is 0.458 e. The fourth-order valence-corrected chi connectivity index (χ4v) is 7.45. The van der Waals surface area contributed by atoms with Gasteiger partial charge in [-0.25, -0.2) is 4.98 Å². The Kier molecular flexibility index (Phi) is 8.10. The lowest BCUT2D eigenvalue weighted by atomic mass is 9.88. The monoisotopic (exact) mass is 680 g/mol. The Morgan fingerprint density at radius 3 is 2.21 bits per heavy atom. The number of aromatic nitrogens is 4. The van der Waals surface area contributed by atoms with Crippen LogP contribution in [0, 0.1) is 40.9 Å². The molecule has 0 aliphatic rings. The average molecular weight is 681 g/mol. The highest BCUT2D eigenvalue weighted by Crippen LogP contribution is 2.43. The Morgan fingerprint density at radius 1 is 0.673 bits per heavy atom. The summed E-state index contributed by atoms with van der Waals surface area (Å²) in [6, 6.07) is 36.5. The van der Waals surface area contributed by atoms with E-state index >= 15 is 0 Å². The van der Waals surface area contributed by atoms with Crippen LogP contribution in [0.25, 0.3) is 50.1 Å². The fourth-order valence-electron chi connectivity index (χ4n) is 7.45. The van der Waals surface area contributed by atoms with Crippen LogP contribution in [-0.2, 0) is 5.41 Å². The summed E-state index contributed by atoms with van der Waals surface area (Å²) < 4.78 is 13.2. The Balaban J connectivity index is 1.29. The predicted molar refractivity (Wildman–Crippen MR) is 213 cm³/mol. The summed E-state index contributed by atoms with van der Waals surface area (Å²) in [5, 5.41) is 2.37. The molecule has 5 nitrogen and oxygen atoms in total. The summed E-state index contributed by atoms with van der Waals surface area (Å²) in [6.07, 6.45) is 9.53. The molecule has 258 valence electrons.